The number of carbonyl (C=O) groups excluding carboxylic acids is 2. The van der Waals surface area contributed by atoms with Crippen molar-refractivity contribution in [1.82, 2.24) is 5.32 Å². The Balaban J connectivity index is 2.80. The van der Waals surface area contributed by atoms with Crippen molar-refractivity contribution in [2.75, 3.05) is 17.3 Å². The molecule has 1 rings (SSSR count). The lowest BCUT2D eigenvalue weighted by Crippen LogP contribution is -2.46. The van der Waals surface area contributed by atoms with E-state index < -0.39 is 17.7 Å². The molecule has 2 amide bonds. The minimum Gasteiger partial charge on any atom is -0.444 e. The Morgan fingerprint density at radius 2 is 1.96 bits per heavy atom. The number of ether oxygens (including phenoxy) is 1. The van der Waals surface area contributed by atoms with Crippen LogP contribution in [0.15, 0.2) is 18.2 Å². The van der Waals surface area contributed by atoms with E-state index in [0.717, 1.165) is 0 Å². The molecule has 24 heavy (non-hydrogen) atoms. The zero-order valence-electron chi connectivity index (χ0n) is 14.1. The third-order valence-electron chi connectivity index (χ3n) is 2.80. The molecule has 134 valence electrons. The molecular weight excluding hydrogens is 371 g/mol. The maximum atomic E-state index is 12.5. The molecule has 0 aliphatic carbocycles. The standard InChI is InChI=1S/C16H22Cl2N2O3S/c1-16(2,3)23-15(22)20-12(7-8-24-4)14(21)19-13-9-10(17)5-6-11(13)18/h5-6,9,12H,7-8H2,1-4H3,(H,19,21)(H,20,22)/t12-/m0/s1. The van der Waals surface area contributed by atoms with Gasteiger partial charge in [0.2, 0.25) is 5.91 Å². The molecule has 0 radical (unpaired) electrons. The molecule has 0 unspecified atom stereocenters. The second kappa shape index (κ2) is 9.39. The van der Waals surface area contributed by atoms with E-state index in [4.69, 9.17) is 27.9 Å². The van der Waals surface area contributed by atoms with E-state index >= 15 is 0 Å². The fourth-order valence-electron chi connectivity index (χ4n) is 1.77. The Labute approximate surface area is 156 Å². The van der Waals surface area contributed by atoms with Crippen molar-refractivity contribution < 1.29 is 14.3 Å². The van der Waals surface area contributed by atoms with Gasteiger partial charge in [0.25, 0.3) is 0 Å². The number of benzene rings is 1. The van der Waals surface area contributed by atoms with Crippen LogP contribution >= 0.6 is 35.0 Å². The molecule has 1 aromatic rings. The van der Waals surface area contributed by atoms with Crippen molar-refractivity contribution in [2.24, 2.45) is 0 Å². The van der Waals surface area contributed by atoms with Gasteiger partial charge in [0.05, 0.1) is 10.7 Å². The third kappa shape index (κ3) is 7.64. The van der Waals surface area contributed by atoms with Crippen molar-refractivity contribution in [3.8, 4) is 0 Å². The summed E-state index contributed by atoms with van der Waals surface area (Å²) in [7, 11) is 0. The van der Waals surface area contributed by atoms with Gasteiger partial charge in [0.15, 0.2) is 0 Å². The molecule has 5 nitrogen and oxygen atoms in total. The predicted octanol–water partition coefficient (Wildman–Crippen LogP) is 4.58. The average Bonchev–Trinajstić information content (AvgIpc) is 2.45. The van der Waals surface area contributed by atoms with E-state index in [1.807, 2.05) is 6.26 Å². The van der Waals surface area contributed by atoms with Crippen LogP contribution in [0, 0.1) is 0 Å². The molecule has 1 atom stereocenters. The summed E-state index contributed by atoms with van der Waals surface area (Å²) in [5.41, 5.74) is -0.241. The minimum atomic E-state index is -0.734. The van der Waals surface area contributed by atoms with Gasteiger partial charge in [-0.05, 0) is 57.4 Å². The molecule has 0 aromatic heterocycles. The summed E-state index contributed by atoms with van der Waals surface area (Å²) in [6, 6.07) is 4.05. The molecule has 0 aliphatic heterocycles. The highest BCUT2D eigenvalue weighted by molar-refractivity contribution is 7.98. The van der Waals surface area contributed by atoms with E-state index in [9.17, 15) is 9.59 Å². The van der Waals surface area contributed by atoms with Crippen LogP contribution in [0.2, 0.25) is 10.0 Å². The second-order valence-corrected chi connectivity index (χ2v) is 7.92. The normalized spacial score (nSPS) is 12.4. The number of hydrogen-bond donors (Lipinski definition) is 2. The molecule has 0 saturated heterocycles. The summed E-state index contributed by atoms with van der Waals surface area (Å²) in [6.45, 7) is 5.28. The fraction of sp³-hybridized carbons (Fsp3) is 0.500. The van der Waals surface area contributed by atoms with Gasteiger partial charge < -0.3 is 15.4 Å². The van der Waals surface area contributed by atoms with Crippen LogP contribution in [0.1, 0.15) is 27.2 Å². The number of halogens is 2. The lowest BCUT2D eigenvalue weighted by atomic mass is 10.2. The Morgan fingerprint density at radius 3 is 2.54 bits per heavy atom. The maximum absolute atomic E-state index is 12.5. The van der Waals surface area contributed by atoms with Crippen LogP contribution in [0.4, 0.5) is 10.5 Å². The minimum absolute atomic E-state index is 0.369. The quantitative estimate of drug-likeness (QED) is 0.743. The molecule has 0 heterocycles. The van der Waals surface area contributed by atoms with E-state index in [-0.39, 0.29) is 5.91 Å². The van der Waals surface area contributed by atoms with Crippen molar-refractivity contribution in [2.45, 2.75) is 38.8 Å². The molecule has 0 saturated carbocycles. The summed E-state index contributed by atoms with van der Waals surface area (Å²) in [4.78, 5) is 24.4. The Hall–Kier alpha value is -1.11. The van der Waals surface area contributed by atoms with Crippen LogP contribution < -0.4 is 10.6 Å². The highest BCUT2D eigenvalue weighted by atomic mass is 35.5. The molecule has 0 bridgehead atoms. The molecule has 2 N–H and O–H groups in total. The number of alkyl carbamates (subject to hydrolysis) is 1. The van der Waals surface area contributed by atoms with Gasteiger partial charge in [0.1, 0.15) is 11.6 Å². The third-order valence-corrected chi connectivity index (χ3v) is 4.01. The number of amides is 2. The first-order valence-electron chi connectivity index (χ1n) is 7.37. The van der Waals surface area contributed by atoms with Crippen molar-refractivity contribution >= 4 is 52.7 Å². The zero-order valence-corrected chi connectivity index (χ0v) is 16.4. The number of anilines is 1. The highest BCUT2D eigenvalue weighted by Crippen LogP contribution is 2.25. The summed E-state index contributed by atoms with van der Waals surface area (Å²) in [5.74, 6) is 0.330. The summed E-state index contributed by atoms with van der Waals surface area (Å²) in [6.07, 6.45) is 1.75. The number of carbonyl (C=O) groups is 2. The van der Waals surface area contributed by atoms with Gasteiger partial charge in [-0.2, -0.15) is 11.8 Å². The van der Waals surface area contributed by atoms with Gasteiger partial charge >= 0.3 is 6.09 Å². The lowest BCUT2D eigenvalue weighted by molar-refractivity contribution is -0.118. The van der Waals surface area contributed by atoms with Gasteiger partial charge in [-0.15, -0.1) is 0 Å². The first-order chi connectivity index (χ1) is 11.1. The van der Waals surface area contributed by atoms with Crippen LogP contribution in [-0.2, 0) is 9.53 Å². The average molecular weight is 393 g/mol. The van der Waals surface area contributed by atoms with Gasteiger partial charge in [-0.25, -0.2) is 4.79 Å². The number of hydrogen-bond acceptors (Lipinski definition) is 4. The van der Waals surface area contributed by atoms with Crippen LogP contribution in [0.3, 0.4) is 0 Å². The monoisotopic (exact) mass is 392 g/mol. The lowest BCUT2D eigenvalue weighted by Gasteiger charge is -2.23. The number of nitrogens with one attached hydrogen (secondary N) is 2. The molecule has 0 fully saturated rings. The van der Waals surface area contributed by atoms with E-state index in [0.29, 0.717) is 27.9 Å². The van der Waals surface area contributed by atoms with Gasteiger partial charge in [-0.3, -0.25) is 4.79 Å². The van der Waals surface area contributed by atoms with Crippen molar-refractivity contribution in [3.63, 3.8) is 0 Å². The van der Waals surface area contributed by atoms with Crippen LogP contribution in [-0.4, -0.2) is 35.7 Å². The largest absolute Gasteiger partial charge is 0.444 e. The number of thioether (sulfide) groups is 1. The van der Waals surface area contributed by atoms with Crippen LogP contribution in [0.5, 0.6) is 0 Å². The van der Waals surface area contributed by atoms with Gasteiger partial charge in [-0.1, -0.05) is 23.2 Å². The second-order valence-electron chi connectivity index (χ2n) is 6.09. The molecule has 8 heteroatoms. The maximum Gasteiger partial charge on any atom is 0.408 e. The smallest absolute Gasteiger partial charge is 0.408 e. The Kier molecular flexibility index (Phi) is 8.19. The number of rotatable bonds is 6. The molecular formula is C16H22Cl2N2O3S. The summed E-state index contributed by atoms with van der Waals surface area (Å²) < 4.78 is 5.21. The van der Waals surface area contributed by atoms with Crippen LogP contribution in [0.25, 0.3) is 0 Å². The Bertz CT molecular complexity index is 591. The van der Waals surface area contributed by atoms with E-state index in [1.165, 1.54) is 0 Å². The fourth-order valence-corrected chi connectivity index (χ4v) is 2.58. The SMILES string of the molecule is CSCC[C@H](NC(=O)OC(C)(C)C)C(=O)Nc1cc(Cl)ccc1Cl. The first kappa shape index (κ1) is 20.9. The van der Waals surface area contributed by atoms with Crippen molar-refractivity contribution in [3.05, 3.63) is 28.2 Å². The molecule has 1 aromatic carbocycles. The van der Waals surface area contributed by atoms with E-state index in [2.05, 4.69) is 10.6 Å². The van der Waals surface area contributed by atoms with Gasteiger partial charge in [0, 0.05) is 5.02 Å². The highest BCUT2D eigenvalue weighted by Gasteiger charge is 2.24. The first-order valence-corrected chi connectivity index (χ1v) is 9.51. The summed E-state index contributed by atoms with van der Waals surface area (Å²) in [5, 5.41) is 6.12. The predicted molar refractivity (Wildman–Crippen MR) is 101 cm³/mol. The van der Waals surface area contributed by atoms with Crippen molar-refractivity contribution in [1.29, 1.82) is 0 Å². The molecule has 0 aliphatic rings. The van der Waals surface area contributed by atoms with E-state index in [1.54, 1.807) is 50.7 Å². The topological polar surface area (TPSA) is 67.4 Å². The summed E-state index contributed by atoms with van der Waals surface area (Å²) >= 11 is 13.6. The zero-order chi connectivity index (χ0) is 18.3. The Morgan fingerprint density at radius 1 is 1.29 bits per heavy atom. The molecule has 0 spiro atoms.